The van der Waals surface area contributed by atoms with E-state index in [4.69, 9.17) is 4.42 Å². The molecule has 2 rings (SSSR count). The summed E-state index contributed by atoms with van der Waals surface area (Å²) in [5, 5.41) is 4.05. The van der Waals surface area contributed by atoms with Gasteiger partial charge in [-0.1, -0.05) is 19.9 Å². The summed E-state index contributed by atoms with van der Waals surface area (Å²) >= 11 is 0. The topological polar surface area (TPSA) is 42.2 Å². The molecule has 2 aromatic rings. The van der Waals surface area contributed by atoms with Gasteiger partial charge in [-0.05, 0) is 36.1 Å². The number of furan rings is 1. The minimum atomic E-state index is 0.0945. The Morgan fingerprint density at radius 1 is 1.33 bits per heavy atom. The largest absolute Gasteiger partial charge is 0.464 e. The van der Waals surface area contributed by atoms with Crippen LogP contribution in [0.15, 0.2) is 28.9 Å². The smallest absolute Gasteiger partial charge is 0.219 e. The molecule has 0 atom stereocenters. The average molecular weight is 245 g/mol. The summed E-state index contributed by atoms with van der Waals surface area (Å²) in [6.07, 6.45) is 4.16. The Balaban J connectivity index is 2.10. The van der Waals surface area contributed by atoms with Gasteiger partial charge in [0.2, 0.25) is 5.91 Å². The summed E-state index contributed by atoms with van der Waals surface area (Å²) in [4.78, 5) is 11.2. The second-order valence-electron chi connectivity index (χ2n) is 4.40. The molecule has 0 saturated heterocycles. The molecule has 0 aliphatic heterocycles. The van der Waals surface area contributed by atoms with Crippen molar-refractivity contribution in [2.45, 2.75) is 33.1 Å². The molecule has 3 heteroatoms. The standard InChI is InChI=1S/C15H19NO2/c1-3-11-5-6-14-13(9-11)12(10-18-14)7-8-16-15(17)4-2/h5-6,9-10H,3-4,7-8H2,1-2H3,(H,16,17). The molecule has 0 radical (unpaired) electrons. The minimum absolute atomic E-state index is 0.0945. The van der Waals surface area contributed by atoms with Crippen LogP contribution in [0.25, 0.3) is 11.0 Å². The van der Waals surface area contributed by atoms with E-state index in [2.05, 4.69) is 24.4 Å². The van der Waals surface area contributed by atoms with Gasteiger partial charge < -0.3 is 9.73 Å². The fourth-order valence-electron chi connectivity index (χ4n) is 2.00. The fourth-order valence-corrected chi connectivity index (χ4v) is 2.00. The zero-order valence-electron chi connectivity index (χ0n) is 11.0. The van der Waals surface area contributed by atoms with Gasteiger partial charge in [0.1, 0.15) is 5.58 Å². The third-order valence-corrected chi connectivity index (χ3v) is 3.16. The molecule has 0 saturated carbocycles. The van der Waals surface area contributed by atoms with Crippen LogP contribution in [0.1, 0.15) is 31.4 Å². The van der Waals surface area contributed by atoms with E-state index in [1.807, 2.05) is 13.0 Å². The zero-order valence-corrected chi connectivity index (χ0v) is 11.0. The van der Waals surface area contributed by atoms with Crippen LogP contribution in [0.3, 0.4) is 0 Å². The normalized spacial score (nSPS) is 10.8. The van der Waals surface area contributed by atoms with Crippen molar-refractivity contribution < 1.29 is 9.21 Å². The van der Waals surface area contributed by atoms with E-state index < -0.39 is 0 Å². The molecule has 0 bridgehead atoms. The Bertz CT molecular complexity index is 542. The highest BCUT2D eigenvalue weighted by Gasteiger charge is 2.06. The third kappa shape index (κ3) is 2.73. The van der Waals surface area contributed by atoms with Crippen LogP contribution in [-0.4, -0.2) is 12.5 Å². The van der Waals surface area contributed by atoms with Crippen LogP contribution in [0.4, 0.5) is 0 Å². The van der Waals surface area contributed by atoms with Crippen molar-refractivity contribution in [1.82, 2.24) is 5.32 Å². The maximum Gasteiger partial charge on any atom is 0.219 e. The maximum atomic E-state index is 11.2. The second kappa shape index (κ2) is 5.71. The van der Waals surface area contributed by atoms with Gasteiger partial charge in [0.25, 0.3) is 0 Å². The van der Waals surface area contributed by atoms with Crippen molar-refractivity contribution in [3.63, 3.8) is 0 Å². The van der Waals surface area contributed by atoms with Gasteiger partial charge in [-0.3, -0.25) is 4.79 Å². The van der Waals surface area contributed by atoms with E-state index in [9.17, 15) is 4.79 Å². The van der Waals surface area contributed by atoms with Gasteiger partial charge in [-0.2, -0.15) is 0 Å². The molecule has 0 aliphatic carbocycles. The first-order valence-corrected chi connectivity index (χ1v) is 6.50. The highest BCUT2D eigenvalue weighted by molar-refractivity contribution is 5.82. The SMILES string of the molecule is CCC(=O)NCCc1coc2ccc(CC)cc12. The number of amides is 1. The van der Waals surface area contributed by atoms with Gasteiger partial charge >= 0.3 is 0 Å². The van der Waals surface area contributed by atoms with Crippen LogP contribution >= 0.6 is 0 Å². The first-order valence-electron chi connectivity index (χ1n) is 6.50. The molecule has 18 heavy (non-hydrogen) atoms. The highest BCUT2D eigenvalue weighted by Crippen LogP contribution is 2.23. The number of benzene rings is 1. The van der Waals surface area contributed by atoms with E-state index in [-0.39, 0.29) is 5.91 Å². The molecule has 0 aliphatic rings. The lowest BCUT2D eigenvalue weighted by molar-refractivity contribution is -0.120. The number of hydrogen-bond donors (Lipinski definition) is 1. The van der Waals surface area contributed by atoms with Gasteiger partial charge in [0, 0.05) is 18.4 Å². The monoisotopic (exact) mass is 245 g/mol. The Labute approximate surface area is 107 Å². The lowest BCUT2D eigenvalue weighted by Crippen LogP contribution is -2.24. The van der Waals surface area contributed by atoms with E-state index in [1.165, 1.54) is 10.9 Å². The van der Waals surface area contributed by atoms with Crippen LogP contribution in [0, 0.1) is 0 Å². The van der Waals surface area contributed by atoms with Crippen molar-refractivity contribution >= 4 is 16.9 Å². The van der Waals surface area contributed by atoms with E-state index in [0.29, 0.717) is 13.0 Å². The second-order valence-corrected chi connectivity index (χ2v) is 4.40. The molecular formula is C15H19NO2. The number of rotatable bonds is 5. The molecule has 0 unspecified atom stereocenters. The van der Waals surface area contributed by atoms with E-state index >= 15 is 0 Å². The number of aryl methyl sites for hydroxylation is 1. The van der Waals surface area contributed by atoms with Crippen molar-refractivity contribution in [3.05, 3.63) is 35.6 Å². The van der Waals surface area contributed by atoms with Gasteiger partial charge in [0.15, 0.2) is 0 Å². The molecule has 1 amide bonds. The summed E-state index contributed by atoms with van der Waals surface area (Å²) < 4.78 is 5.52. The Morgan fingerprint density at radius 2 is 2.17 bits per heavy atom. The van der Waals surface area contributed by atoms with Crippen LogP contribution in [0.5, 0.6) is 0 Å². The summed E-state index contributed by atoms with van der Waals surface area (Å²) in [7, 11) is 0. The van der Waals surface area contributed by atoms with Crippen molar-refractivity contribution in [3.8, 4) is 0 Å². The molecular weight excluding hydrogens is 226 g/mol. The zero-order chi connectivity index (χ0) is 13.0. The molecule has 1 aromatic carbocycles. The van der Waals surface area contributed by atoms with E-state index in [1.54, 1.807) is 6.26 Å². The minimum Gasteiger partial charge on any atom is -0.464 e. The van der Waals surface area contributed by atoms with Crippen LogP contribution in [-0.2, 0) is 17.6 Å². The van der Waals surface area contributed by atoms with Gasteiger partial charge in [0.05, 0.1) is 6.26 Å². The fraction of sp³-hybridized carbons (Fsp3) is 0.400. The Hall–Kier alpha value is -1.77. The number of carbonyl (C=O) groups excluding carboxylic acids is 1. The summed E-state index contributed by atoms with van der Waals surface area (Å²) in [6.45, 7) is 4.66. The van der Waals surface area contributed by atoms with Crippen LogP contribution < -0.4 is 5.32 Å². The van der Waals surface area contributed by atoms with Gasteiger partial charge in [-0.15, -0.1) is 0 Å². The maximum absolute atomic E-state index is 11.2. The Kier molecular flexibility index (Phi) is 4.03. The van der Waals surface area contributed by atoms with Crippen LogP contribution in [0.2, 0.25) is 0 Å². The number of fused-ring (bicyclic) bond motifs is 1. The van der Waals surface area contributed by atoms with E-state index in [0.717, 1.165) is 24.0 Å². The molecule has 3 nitrogen and oxygen atoms in total. The molecule has 0 spiro atoms. The molecule has 1 aromatic heterocycles. The third-order valence-electron chi connectivity index (χ3n) is 3.16. The molecule has 1 N–H and O–H groups in total. The molecule has 1 heterocycles. The molecule has 0 fully saturated rings. The number of nitrogens with one attached hydrogen (secondary N) is 1. The first-order chi connectivity index (χ1) is 8.74. The lowest BCUT2D eigenvalue weighted by atomic mass is 10.1. The predicted molar refractivity (Wildman–Crippen MR) is 72.6 cm³/mol. The van der Waals surface area contributed by atoms with Crippen molar-refractivity contribution in [1.29, 1.82) is 0 Å². The van der Waals surface area contributed by atoms with Crippen molar-refractivity contribution in [2.24, 2.45) is 0 Å². The quantitative estimate of drug-likeness (QED) is 0.879. The summed E-state index contributed by atoms with van der Waals surface area (Å²) in [5.41, 5.74) is 3.39. The van der Waals surface area contributed by atoms with Crippen molar-refractivity contribution in [2.75, 3.05) is 6.54 Å². The predicted octanol–water partition coefficient (Wildman–Crippen LogP) is 3.06. The first kappa shape index (κ1) is 12.7. The highest BCUT2D eigenvalue weighted by atomic mass is 16.3. The lowest BCUT2D eigenvalue weighted by Gasteiger charge is -2.02. The summed E-state index contributed by atoms with van der Waals surface area (Å²) in [6, 6.07) is 6.28. The van der Waals surface area contributed by atoms with Gasteiger partial charge in [-0.25, -0.2) is 0 Å². The summed E-state index contributed by atoms with van der Waals surface area (Å²) in [5.74, 6) is 0.0945. The molecule has 96 valence electrons. The number of hydrogen-bond acceptors (Lipinski definition) is 2. The Morgan fingerprint density at radius 3 is 2.89 bits per heavy atom. The number of carbonyl (C=O) groups is 1. The average Bonchev–Trinajstić information content (AvgIpc) is 2.81.